The average molecular weight is 382 g/mol. The van der Waals surface area contributed by atoms with E-state index in [1.165, 1.54) is 12.1 Å². The van der Waals surface area contributed by atoms with Gasteiger partial charge in [0.25, 0.3) is 5.91 Å². The van der Waals surface area contributed by atoms with Crippen molar-refractivity contribution in [2.75, 3.05) is 26.2 Å². The van der Waals surface area contributed by atoms with Crippen LogP contribution in [0.3, 0.4) is 0 Å². The monoisotopic (exact) mass is 381 g/mol. The van der Waals surface area contributed by atoms with Gasteiger partial charge in [0, 0.05) is 38.9 Å². The second-order valence-electron chi connectivity index (χ2n) is 5.93. The number of para-hydroxylation sites is 1. The summed E-state index contributed by atoms with van der Waals surface area (Å²) in [5.74, 6) is -0.394. The minimum absolute atomic E-state index is 0.0960. The summed E-state index contributed by atoms with van der Waals surface area (Å²) >= 11 is 5.90. The van der Waals surface area contributed by atoms with Crippen molar-refractivity contribution in [1.82, 2.24) is 14.8 Å². The Balaban J connectivity index is 1.60. The Morgan fingerprint density at radius 1 is 1.19 bits per heavy atom. The first-order valence-corrected chi connectivity index (χ1v) is 8.56. The second kappa shape index (κ2) is 8.42. The maximum atomic E-state index is 12.7. The van der Waals surface area contributed by atoms with Crippen molar-refractivity contribution in [1.29, 1.82) is 0 Å². The fraction of sp³-hybridized carbons (Fsp3) is 0.333. The van der Waals surface area contributed by atoms with Crippen molar-refractivity contribution in [3.8, 4) is 5.75 Å². The molecule has 0 spiro atoms. The maximum Gasteiger partial charge on any atom is 0.387 e. The summed E-state index contributed by atoms with van der Waals surface area (Å²) < 4.78 is 29.5. The number of nitrogens with zero attached hydrogens (tertiary/aromatic N) is 3. The van der Waals surface area contributed by atoms with Gasteiger partial charge in [0.15, 0.2) is 0 Å². The van der Waals surface area contributed by atoms with Crippen LogP contribution >= 0.6 is 11.6 Å². The first-order valence-electron chi connectivity index (χ1n) is 8.19. The van der Waals surface area contributed by atoms with E-state index in [4.69, 9.17) is 11.6 Å². The lowest BCUT2D eigenvalue weighted by atomic mass is 10.1. The molecule has 1 amide bonds. The van der Waals surface area contributed by atoms with E-state index >= 15 is 0 Å². The first-order chi connectivity index (χ1) is 12.5. The molecule has 0 saturated carbocycles. The Hall–Kier alpha value is -2.25. The highest BCUT2D eigenvalue weighted by molar-refractivity contribution is 6.29. The lowest BCUT2D eigenvalue weighted by Gasteiger charge is -2.35. The van der Waals surface area contributed by atoms with Gasteiger partial charge in [-0.3, -0.25) is 9.69 Å². The van der Waals surface area contributed by atoms with Crippen LogP contribution in [0.4, 0.5) is 8.78 Å². The molecular weight excluding hydrogens is 364 g/mol. The molecule has 1 aliphatic rings. The highest BCUT2D eigenvalue weighted by atomic mass is 35.5. The number of benzene rings is 1. The van der Waals surface area contributed by atoms with E-state index in [1.807, 2.05) is 12.1 Å². The second-order valence-corrected chi connectivity index (χ2v) is 6.32. The molecule has 1 fully saturated rings. The van der Waals surface area contributed by atoms with Crippen molar-refractivity contribution in [3.05, 3.63) is 58.9 Å². The summed E-state index contributed by atoms with van der Waals surface area (Å²) in [5, 5.41) is 0.451. The van der Waals surface area contributed by atoms with E-state index in [0.717, 1.165) is 12.1 Å². The smallest absolute Gasteiger partial charge is 0.387 e. The minimum Gasteiger partial charge on any atom is -0.434 e. The number of alkyl halides is 2. The topological polar surface area (TPSA) is 45.7 Å². The van der Waals surface area contributed by atoms with Crippen molar-refractivity contribution in [2.24, 2.45) is 0 Å². The molecule has 138 valence electrons. The van der Waals surface area contributed by atoms with Crippen LogP contribution in [0.2, 0.25) is 5.15 Å². The third-order valence-corrected chi connectivity index (χ3v) is 4.40. The molecule has 0 bridgehead atoms. The van der Waals surface area contributed by atoms with E-state index in [1.54, 1.807) is 23.2 Å². The molecule has 0 radical (unpaired) electrons. The number of hydrogen-bond donors (Lipinski definition) is 0. The molecule has 0 aliphatic carbocycles. The van der Waals surface area contributed by atoms with Gasteiger partial charge in [-0.15, -0.1) is 0 Å². The summed E-state index contributed by atoms with van der Waals surface area (Å²) in [5.41, 5.74) is 1.21. The molecule has 8 heteroatoms. The Labute approximate surface area is 155 Å². The fourth-order valence-corrected chi connectivity index (χ4v) is 3.12. The molecule has 2 heterocycles. The van der Waals surface area contributed by atoms with Crippen LogP contribution in [-0.4, -0.2) is 53.5 Å². The molecule has 0 atom stereocenters. The summed E-state index contributed by atoms with van der Waals surface area (Å²) in [6, 6.07) is 9.80. The zero-order valence-corrected chi connectivity index (χ0v) is 14.7. The van der Waals surface area contributed by atoms with Crippen LogP contribution in [0.25, 0.3) is 0 Å². The largest absolute Gasteiger partial charge is 0.434 e. The van der Waals surface area contributed by atoms with Crippen molar-refractivity contribution in [2.45, 2.75) is 13.2 Å². The molecule has 0 N–H and O–H groups in total. The number of hydrogen-bond acceptors (Lipinski definition) is 4. The molecule has 1 aliphatic heterocycles. The van der Waals surface area contributed by atoms with Gasteiger partial charge in [0.2, 0.25) is 0 Å². The molecule has 1 aromatic heterocycles. The maximum absolute atomic E-state index is 12.7. The molecule has 2 aromatic rings. The summed E-state index contributed by atoms with van der Waals surface area (Å²) in [4.78, 5) is 20.5. The Morgan fingerprint density at radius 3 is 2.62 bits per heavy atom. The zero-order chi connectivity index (χ0) is 18.5. The molecule has 1 aromatic carbocycles. The highest BCUT2D eigenvalue weighted by Gasteiger charge is 2.25. The van der Waals surface area contributed by atoms with E-state index in [2.05, 4.69) is 14.6 Å². The van der Waals surface area contributed by atoms with Gasteiger partial charge < -0.3 is 9.64 Å². The third-order valence-electron chi connectivity index (χ3n) is 4.19. The van der Waals surface area contributed by atoms with Crippen molar-refractivity contribution in [3.63, 3.8) is 0 Å². The van der Waals surface area contributed by atoms with Crippen LogP contribution in [0.15, 0.2) is 42.6 Å². The number of amides is 1. The van der Waals surface area contributed by atoms with Gasteiger partial charge in [0.1, 0.15) is 10.9 Å². The molecule has 3 rings (SSSR count). The Morgan fingerprint density at radius 2 is 1.92 bits per heavy atom. The lowest BCUT2D eigenvalue weighted by Crippen LogP contribution is -2.48. The number of aromatic nitrogens is 1. The Bertz CT molecular complexity index is 768. The average Bonchev–Trinajstić information content (AvgIpc) is 2.62. The van der Waals surface area contributed by atoms with E-state index < -0.39 is 6.61 Å². The molecule has 5 nitrogen and oxygen atoms in total. The normalized spacial score (nSPS) is 15.3. The predicted octanol–water partition coefficient (Wildman–Crippen LogP) is 3.29. The molecular formula is C18H18ClF2N3O2. The number of pyridine rings is 1. The Kier molecular flexibility index (Phi) is 6.00. The van der Waals surface area contributed by atoms with Crippen LogP contribution in [0, 0.1) is 0 Å². The summed E-state index contributed by atoms with van der Waals surface area (Å²) in [7, 11) is 0. The van der Waals surface area contributed by atoms with Crippen molar-refractivity contribution < 1.29 is 18.3 Å². The van der Waals surface area contributed by atoms with Gasteiger partial charge in [-0.05, 0) is 29.8 Å². The molecule has 26 heavy (non-hydrogen) atoms. The van der Waals surface area contributed by atoms with E-state index in [0.29, 0.717) is 31.3 Å². The van der Waals surface area contributed by atoms with E-state index in [9.17, 15) is 13.6 Å². The zero-order valence-electron chi connectivity index (χ0n) is 13.9. The first kappa shape index (κ1) is 18.5. The summed E-state index contributed by atoms with van der Waals surface area (Å²) in [6.45, 7) is 0.150. The molecule has 1 saturated heterocycles. The number of piperazine rings is 1. The number of halogens is 3. The standard InChI is InChI=1S/C18H18ClF2N3O2/c19-16-11-13(5-6-22-16)12-23-7-9-24(10-8-23)17(25)14-3-1-2-4-15(14)26-18(20)21/h1-6,11,18H,7-10,12H2. The van der Waals surface area contributed by atoms with Gasteiger partial charge in [-0.25, -0.2) is 4.98 Å². The van der Waals surface area contributed by atoms with Crippen LogP contribution in [0.5, 0.6) is 5.75 Å². The van der Waals surface area contributed by atoms with Gasteiger partial charge in [-0.2, -0.15) is 8.78 Å². The SMILES string of the molecule is O=C(c1ccccc1OC(F)F)N1CCN(Cc2ccnc(Cl)c2)CC1. The van der Waals surface area contributed by atoms with Gasteiger partial charge in [0.05, 0.1) is 5.56 Å². The van der Waals surface area contributed by atoms with Crippen molar-refractivity contribution >= 4 is 17.5 Å². The number of carbonyl (C=O) groups excluding carboxylic acids is 1. The van der Waals surface area contributed by atoms with Gasteiger partial charge in [-0.1, -0.05) is 23.7 Å². The highest BCUT2D eigenvalue weighted by Crippen LogP contribution is 2.22. The van der Waals surface area contributed by atoms with Crippen LogP contribution in [-0.2, 0) is 6.54 Å². The quantitative estimate of drug-likeness (QED) is 0.745. The number of rotatable bonds is 5. The lowest BCUT2D eigenvalue weighted by molar-refractivity contribution is -0.0503. The fourth-order valence-electron chi connectivity index (χ4n) is 2.92. The van der Waals surface area contributed by atoms with Crippen LogP contribution in [0.1, 0.15) is 15.9 Å². The molecule has 0 unspecified atom stereocenters. The minimum atomic E-state index is -2.96. The number of carbonyl (C=O) groups is 1. The third kappa shape index (κ3) is 4.68. The number of ether oxygens (including phenoxy) is 1. The van der Waals surface area contributed by atoms with Gasteiger partial charge >= 0.3 is 6.61 Å². The summed E-state index contributed by atoms with van der Waals surface area (Å²) in [6.07, 6.45) is 1.66. The predicted molar refractivity (Wildman–Crippen MR) is 93.5 cm³/mol. The van der Waals surface area contributed by atoms with Crippen LogP contribution < -0.4 is 4.74 Å². The van der Waals surface area contributed by atoms with E-state index in [-0.39, 0.29) is 17.2 Å².